The number of phenols is 1. The number of anilines is 1. The van der Waals surface area contributed by atoms with Crippen LogP contribution in [0.3, 0.4) is 0 Å². The van der Waals surface area contributed by atoms with Crippen LogP contribution >= 0.6 is 0 Å². The largest absolute Gasteiger partial charge is 0.507 e. The van der Waals surface area contributed by atoms with E-state index in [9.17, 15) is 10.2 Å². The Labute approximate surface area is 126 Å². The number of hydrogen-bond acceptors (Lipinski definition) is 3. The number of aromatic hydroxyl groups is 1. The molecule has 0 aliphatic heterocycles. The van der Waals surface area contributed by atoms with Crippen molar-refractivity contribution >= 4 is 16.5 Å². The van der Waals surface area contributed by atoms with E-state index >= 15 is 0 Å². The molecule has 0 heterocycles. The molecular weight excluding hydrogens is 262 g/mol. The number of phenolic OH excluding ortho intramolecular Hbond substituents is 1. The van der Waals surface area contributed by atoms with Crippen LogP contribution in [0, 0.1) is 11.3 Å². The van der Waals surface area contributed by atoms with Crippen molar-refractivity contribution in [1.29, 1.82) is 0 Å². The number of aliphatic hydroxyl groups excluding tert-OH is 1. The zero-order chi connectivity index (χ0) is 15.6. The first-order valence-electron chi connectivity index (χ1n) is 7.55. The number of fused-ring (bicyclic) bond motifs is 1. The number of nitrogens with one attached hydrogen (secondary N) is 1. The molecule has 2 aromatic carbocycles. The van der Waals surface area contributed by atoms with E-state index in [1.54, 1.807) is 6.07 Å². The average Bonchev–Trinajstić information content (AvgIpc) is 2.47. The second-order valence-electron chi connectivity index (χ2n) is 6.24. The average molecular weight is 287 g/mol. The lowest BCUT2D eigenvalue weighted by Crippen LogP contribution is -2.41. The van der Waals surface area contributed by atoms with E-state index in [2.05, 4.69) is 33.0 Å². The normalized spacial score (nSPS) is 15.9. The smallest absolute Gasteiger partial charge is 0.130 e. The summed E-state index contributed by atoms with van der Waals surface area (Å²) in [6, 6.07) is 11.1. The maximum atomic E-state index is 10.6. The van der Waals surface area contributed by atoms with Gasteiger partial charge in [0.15, 0.2) is 0 Å². The molecule has 0 aromatic heterocycles. The third kappa shape index (κ3) is 2.84. The van der Waals surface area contributed by atoms with Gasteiger partial charge >= 0.3 is 0 Å². The highest BCUT2D eigenvalue weighted by atomic mass is 16.3. The van der Waals surface area contributed by atoms with Gasteiger partial charge in [-0.05, 0) is 24.5 Å². The highest BCUT2D eigenvalue weighted by Gasteiger charge is 2.34. The molecule has 3 nitrogen and oxygen atoms in total. The Morgan fingerprint density at radius 3 is 2.33 bits per heavy atom. The number of hydrogen-bond donors (Lipinski definition) is 3. The summed E-state index contributed by atoms with van der Waals surface area (Å²) in [5.74, 6) is 0.612. The third-order valence-electron chi connectivity index (χ3n) is 4.90. The first-order valence-corrected chi connectivity index (χ1v) is 7.55. The lowest BCUT2D eigenvalue weighted by Gasteiger charge is -2.38. The van der Waals surface area contributed by atoms with Gasteiger partial charge in [0.25, 0.3) is 0 Å². The van der Waals surface area contributed by atoms with E-state index in [4.69, 9.17) is 0 Å². The Hall–Kier alpha value is -1.74. The molecule has 0 radical (unpaired) electrons. The van der Waals surface area contributed by atoms with E-state index in [0.717, 1.165) is 22.9 Å². The molecule has 3 heteroatoms. The molecule has 0 aliphatic carbocycles. The van der Waals surface area contributed by atoms with Crippen LogP contribution in [0.5, 0.6) is 5.75 Å². The van der Waals surface area contributed by atoms with Crippen molar-refractivity contribution in [2.75, 3.05) is 5.32 Å². The number of rotatable bonds is 5. The monoisotopic (exact) mass is 287 g/mol. The third-order valence-corrected chi connectivity index (χ3v) is 4.90. The van der Waals surface area contributed by atoms with Crippen molar-refractivity contribution in [3.63, 3.8) is 0 Å². The molecule has 2 rings (SSSR count). The molecule has 0 saturated heterocycles. The Kier molecular flexibility index (Phi) is 4.43. The van der Waals surface area contributed by atoms with Crippen LogP contribution in [0.4, 0.5) is 5.69 Å². The molecule has 2 aromatic rings. The zero-order valence-electron chi connectivity index (χ0n) is 13.2. The Morgan fingerprint density at radius 2 is 1.71 bits per heavy atom. The zero-order valence-corrected chi connectivity index (χ0v) is 13.2. The second-order valence-corrected chi connectivity index (χ2v) is 6.24. The summed E-state index contributed by atoms with van der Waals surface area (Å²) in [6.45, 7) is 8.45. The highest BCUT2D eigenvalue weighted by molar-refractivity contribution is 5.97. The summed E-state index contributed by atoms with van der Waals surface area (Å²) in [6.07, 6.45) is 0.241. The van der Waals surface area contributed by atoms with Gasteiger partial charge in [-0.3, -0.25) is 0 Å². The number of aliphatic hydroxyl groups is 1. The SMILES string of the molecule is CCC(C)(C(C)C)C(O)Nc1cccc2c(O)cccc12. The standard InChI is InChI=1S/C18H25NO2/c1-5-18(4,12(2)3)17(21)19-15-10-6-9-14-13(15)8-7-11-16(14)20/h6-12,17,19-21H,5H2,1-4H3. The van der Waals surface area contributed by atoms with Crippen LogP contribution in [-0.2, 0) is 0 Å². The predicted molar refractivity (Wildman–Crippen MR) is 88.5 cm³/mol. The molecule has 3 N–H and O–H groups in total. The van der Waals surface area contributed by atoms with Gasteiger partial charge in [-0.1, -0.05) is 52.0 Å². The van der Waals surface area contributed by atoms with Gasteiger partial charge in [0.2, 0.25) is 0 Å². The van der Waals surface area contributed by atoms with Crippen LogP contribution in [0.1, 0.15) is 34.1 Å². The maximum Gasteiger partial charge on any atom is 0.130 e. The minimum absolute atomic E-state index is 0.209. The molecule has 114 valence electrons. The first-order chi connectivity index (χ1) is 9.90. The fourth-order valence-corrected chi connectivity index (χ4v) is 2.65. The topological polar surface area (TPSA) is 52.5 Å². The molecule has 21 heavy (non-hydrogen) atoms. The van der Waals surface area contributed by atoms with Gasteiger partial charge in [0, 0.05) is 21.9 Å². The minimum Gasteiger partial charge on any atom is -0.507 e. The summed E-state index contributed by atoms with van der Waals surface area (Å²) in [4.78, 5) is 0. The van der Waals surface area contributed by atoms with Crippen molar-refractivity contribution < 1.29 is 10.2 Å². The van der Waals surface area contributed by atoms with Gasteiger partial charge in [0.1, 0.15) is 12.0 Å². The molecule has 2 atom stereocenters. The van der Waals surface area contributed by atoms with E-state index in [1.807, 2.05) is 30.3 Å². The molecule has 0 saturated carbocycles. The first kappa shape index (κ1) is 15.6. The van der Waals surface area contributed by atoms with Crippen LogP contribution in [0.15, 0.2) is 36.4 Å². The molecule has 0 bridgehead atoms. The summed E-state index contributed by atoms with van der Waals surface area (Å²) >= 11 is 0. The fraction of sp³-hybridized carbons (Fsp3) is 0.444. The van der Waals surface area contributed by atoms with E-state index in [-0.39, 0.29) is 11.2 Å². The van der Waals surface area contributed by atoms with Gasteiger partial charge in [-0.2, -0.15) is 0 Å². The van der Waals surface area contributed by atoms with Crippen molar-refractivity contribution in [2.24, 2.45) is 11.3 Å². The summed E-state index contributed by atoms with van der Waals surface area (Å²) in [5.41, 5.74) is 0.634. The summed E-state index contributed by atoms with van der Waals surface area (Å²) in [5, 5.41) is 25.5. The lowest BCUT2D eigenvalue weighted by molar-refractivity contribution is 0.0202. The van der Waals surface area contributed by atoms with Crippen molar-refractivity contribution in [1.82, 2.24) is 0 Å². The van der Waals surface area contributed by atoms with Gasteiger partial charge < -0.3 is 15.5 Å². The second kappa shape index (κ2) is 5.94. The molecule has 0 fully saturated rings. The van der Waals surface area contributed by atoms with Crippen molar-refractivity contribution in [2.45, 2.75) is 40.3 Å². The molecule has 0 spiro atoms. The van der Waals surface area contributed by atoms with Gasteiger partial charge in [-0.15, -0.1) is 0 Å². The minimum atomic E-state index is -0.643. The van der Waals surface area contributed by atoms with Crippen LogP contribution < -0.4 is 5.32 Å². The highest BCUT2D eigenvalue weighted by Crippen LogP contribution is 2.37. The lowest BCUT2D eigenvalue weighted by atomic mass is 9.75. The predicted octanol–water partition coefficient (Wildman–Crippen LogP) is 4.35. The van der Waals surface area contributed by atoms with E-state index in [1.165, 1.54) is 0 Å². The van der Waals surface area contributed by atoms with Crippen LogP contribution in [-0.4, -0.2) is 16.4 Å². The van der Waals surface area contributed by atoms with E-state index in [0.29, 0.717) is 5.92 Å². The van der Waals surface area contributed by atoms with Crippen LogP contribution in [0.2, 0.25) is 0 Å². The fourth-order valence-electron chi connectivity index (χ4n) is 2.65. The Bertz CT molecular complexity index is 624. The summed E-state index contributed by atoms with van der Waals surface area (Å²) in [7, 11) is 0. The van der Waals surface area contributed by atoms with Gasteiger partial charge in [0.05, 0.1) is 0 Å². The number of benzene rings is 2. The Balaban J connectivity index is 2.38. The maximum absolute atomic E-state index is 10.6. The van der Waals surface area contributed by atoms with Crippen molar-refractivity contribution in [3.8, 4) is 5.75 Å². The molecule has 0 aliphatic rings. The molecular formula is C18H25NO2. The van der Waals surface area contributed by atoms with E-state index < -0.39 is 6.23 Å². The van der Waals surface area contributed by atoms with Crippen LogP contribution in [0.25, 0.3) is 10.8 Å². The van der Waals surface area contributed by atoms with Crippen molar-refractivity contribution in [3.05, 3.63) is 36.4 Å². The Morgan fingerprint density at radius 1 is 1.10 bits per heavy atom. The molecule has 2 unspecified atom stereocenters. The molecule has 0 amide bonds. The quantitative estimate of drug-likeness (QED) is 0.717. The van der Waals surface area contributed by atoms with Gasteiger partial charge in [-0.25, -0.2) is 0 Å². The summed E-state index contributed by atoms with van der Waals surface area (Å²) < 4.78 is 0.